The highest BCUT2D eigenvalue weighted by atomic mass is 35.5. The molecule has 0 aliphatic heterocycles. The summed E-state index contributed by atoms with van der Waals surface area (Å²) < 4.78 is 1.53. The van der Waals surface area contributed by atoms with E-state index in [1.165, 1.54) is 4.57 Å². The van der Waals surface area contributed by atoms with E-state index in [-0.39, 0.29) is 17.5 Å². The average molecular weight is 378 g/mol. The van der Waals surface area contributed by atoms with Gasteiger partial charge in [-0.25, -0.2) is 4.98 Å². The van der Waals surface area contributed by atoms with Crippen molar-refractivity contribution >= 4 is 28.4 Å². The van der Waals surface area contributed by atoms with Gasteiger partial charge in [0.15, 0.2) is 0 Å². The number of unbranched alkanes of at least 4 members (excludes halogenated alkanes) is 2. The van der Waals surface area contributed by atoms with Crippen molar-refractivity contribution in [2.75, 3.05) is 6.54 Å². The van der Waals surface area contributed by atoms with Gasteiger partial charge >= 0.3 is 0 Å². The number of carbonyl (C=O) groups excluding carboxylic acids is 1. The van der Waals surface area contributed by atoms with Crippen LogP contribution in [-0.4, -0.2) is 26.9 Å². The summed E-state index contributed by atoms with van der Waals surface area (Å²) in [5, 5.41) is 1.00. The molecular formula is C20H28ClN3O2. The normalized spacial score (nSPS) is 12.3. The molecule has 2 rings (SSSR count). The lowest BCUT2D eigenvalue weighted by atomic mass is 10.1. The molecule has 1 heterocycles. The van der Waals surface area contributed by atoms with Crippen molar-refractivity contribution in [1.82, 2.24) is 14.5 Å². The standard InChI is InChI=1S/C20H28ClN3O2/c1-5-7-8-9-18(25)24(12-6-2)14(3)19-22-17-11-10-15(21)13-16(17)20(26)23(19)4/h10-11,13-14H,5-9,12H2,1-4H3. The summed E-state index contributed by atoms with van der Waals surface area (Å²) in [5.74, 6) is 0.723. The zero-order valence-electron chi connectivity index (χ0n) is 16.1. The van der Waals surface area contributed by atoms with Gasteiger partial charge in [0.05, 0.1) is 16.9 Å². The summed E-state index contributed by atoms with van der Waals surface area (Å²) >= 11 is 6.01. The number of rotatable bonds is 8. The molecule has 0 saturated carbocycles. The first kappa shape index (κ1) is 20.4. The van der Waals surface area contributed by atoms with Crippen LogP contribution in [0.3, 0.4) is 0 Å². The Kier molecular flexibility index (Phi) is 7.21. The molecule has 0 spiro atoms. The topological polar surface area (TPSA) is 55.2 Å². The Labute approximate surface area is 160 Å². The summed E-state index contributed by atoms with van der Waals surface area (Å²) in [5.41, 5.74) is 0.462. The van der Waals surface area contributed by atoms with Crippen molar-refractivity contribution in [3.8, 4) is 0 Å². The molecule has 1 unspecified atom stereocenters. The van der Waals surface area contributed by atoms with Gasteiger partial charge in [-0.1, -0.05) is 38.3 Å². The van der Waals surface area contributed by atoms with E-state index in [4.69, 9.17) is 11.6 Å². The van der Waals surface area contributed by atoms with Crippen LogP contribution in [0.25, 0.3) is 10.9 Å². The molecule has 142 valence electrons. The molecule has 0 saturated heterocycles. The second kappa shape index (κ2) is 9.17. The largest absolute Gasteiger partial charge is 0.333 e. The molecule has 1 aromatic heterocycles. The van der Waals surface area contributed by atoms with Crippen LogP contribution < -0.4 is 5.56 Å². The summed E-state index contributed by atoms with van der Waals surface area (Å²) in [6.45, 7) is 6.77. The van der Waals surface area contributed by atoms with Crippen LogP contribution in [0.4, 0.5) is 0 Å². The Morgan fingerprint density at radius 2 is 2.00 bits per heavy atom. The first-order valence-corrected chi connectivity index (χ1v) is 9.74. The Balaban J connectivity index is 2.40. The van der Waals surface area contributed by atoms with E-state index >= 15 is 0 Å². The minimum absolute atomic E-state index is 0.123. The minimum Gasteiger partial charge on any atom is -0.333 e. The molecule has 0 radical (unpaired) electrons. The zero-order chi connectivity index (χ0) is 19.3. The van der Waals surface area contributed by atoms with E-state index in [0.29, 0.717) is 34.7 Å². The third-order valence-corrected chi connectivity index (χ3v) is 4.93. The molecule has 6 heteroatoms. The lowest BCUT2D eigenvalue weighted by molar-refractivity contribution is -0.133. The van der Waals surface area contributed by atoms with E-state index < -0.39 is 0 Å². The molecule has 1 aromatic carbocycles. The predicted octanol–water partition coefficient (Wildman–Crippen LogP) is 4.47. The second-order valence-corrected chi connectivity index (χ2v) is 7.15. The number of hydrogen-bond acceptors (Lipinski definition) is 3. The van der Waals surface area contributed by atoms with Crippen molar-refractivity contribution in [3.63, 3.8) is 0 Å². The van der Waals surface area contributed by atoms with Gasteiger partial charge in [-0.15, -0.1) is 0 Å². The highest BCUT2D eigenvalue weighted by Crippen LogP contribution is 2.22. The molecule has 26 heavy (non-hydrogen) atoms. The molecule has 0 bridgehead atoms. The van der Waals surface area contributed by atoms with Gasteiger partial charge in [0, 0.05) is 25.0 Å². The summed E-state index contributed by atoms with van der Waals surface area (Å²) in [6.07, 6.45) is 4.43. The van der Waals surface area contributed by atoms with Crippen LogP contribution >= 0.6 is 11.6 Å². The molecule has 1 amide bonds. The van der Waals surface area contributed by atoms with Gasteiger partial charge in [0.25, 0.3) is 5.56 Å². The van der Waals surface area contributed by atoms with Crippen molar-refractivity contribution < 1.29 is 4.79 Å². The molecular weight excluding hydrogens is 350 g/mol. The van der Waals surface area contributed by atoms with Gasteiger partial charge in [-0.2, -0.15) is 0 Å². The maximum Gasteiger partial charge on any atom is 0.261 e. The van der Waals surface area contributed by atoms with Crippen LogP contribution in [0, 0.1) is 0 Å². The van der Waals surface area contributed by atoms with Crippen LogP contribution in [0.1, 0.15) is 64.7 Å². The molecule has 0 fully saturated rings. The van der Waals surface area contributed by atoms with Crippen LogP contribution in [0.15, 0.2) is 23.0 Å². The Hall–Kier alpha value is -1.88. The van der Waals surface area contributed by atoms with Crippen molar-refractivity contribution in [3.05, 3.63) is 39.4 Å². The van der Waals surface area contributed by atoms with Crippen LogP contribution in [0.5, 0.6) is 0 Å². The molecule has 0 N–H and O–H groups in total. The third-order valence-electron chi connectivity index (χ3n) is 4.69. The first-order chi connectivity index (χ1) is 12.4. The average Bonchev–Trinajstić information content (AvgIpc) is 2.62. The van der Waals surface area contributed by atoms with Crippen molar-refractivity contribution in [2.24, 2.45) is 7.05 Å². The van der Waals surface area contributed by atoms with E-state index in [0.717, 1.165) is 25.7 Å². The third kappa shape index (κ3) is 4.44. The zero-order valence-corrected chi connectivity index (χ0v) is 16.8. The first-order valence-electron chi connectivity index (χ1n) is 9.36. The number of carbonyl (C=O) groups is 1. The van der Waals surface area contributed by atoms with Gasteiger partial charge in [0.2, 0.25) is 5.91 Å². The maximum atomic E-state index is 12.7. The smallest absolute Gasteiger partial charge is 0.261 e. The summed E-state index contributed by atoms with van der Waals surface area (Å²) in [4.78, 5) is 32.0. The monoisotopic (exact) mass is 377 g/mol. The van der Waals surface area contributed by atoms with Crippen molar-refractivity contribution in [2.45, 2.75) is 58.9 Å². The van der Waals surface area contributed by atoms with E-state index in [1.54, 1.807) is 25.2 Å². The lowest BCUT2D eigenvalue weighted by Gasteiger charge is -2.30. The Morgan fingerprint density at radius 1 is 1.27 bits per heavy atom. The van der Waals surface area contributed by atoms with Gasteiger partial charge in [-0.05, 0) is 38.0 Å². The second-order valence-electron chi connectivity index (χ2n) is 6.72. The van der Waals surface area contributed by atoms with E-state index in [9.17, 15) is 9.59 Å². The van der Waals surface area contributed by atoms with E-state index in [1.807, 2.05) is 18.7 Å². The minimum atomic E-state index is -0.262. The van der Waals surface area contributed by atoms with Crippen LogP contribution in [-0.2, 0) is 11.8 Å². The number of halogens is 1. The van der Waals surface area contributed by atoms with Gasteiger partial charge in [0.1, 0.15) is 5.82 Å². The fourth-order valence-corrected chi connectivity index (χ4v) is 3.39. The number of aromatic nitrogens is 2. The molecule has 2 aromatic rings. The number of benzene rings is 1. The lowest BCUT2D eigenvalue weighted by Crippen LogP contribution is -2.37. The fraction of sp³-hybridized carbons (Fsp3) is 0.550. The van der Waals surface area contributed by atoms with Crippen LogP contribution in [0.2, 0.25) is 5.02 Å². The molecule has 0 aliphatic carbocycles. The van der Waals surface area contributed by atoms with Gasteiger partial charge < -0.3 is 4.90 Å². The molecule has 5 nitrogen and oxygen atoms in total. The maximum absolute atomic E-state index is 12.7. The SMILES string of the molecule is CCCCCC(=O)N(CCC)C(C)c1nc2ccc(Cl)cc2c(=O)n1C. The molecule has 0 aliphatic rings. The Morgan fingerprint density at radius 3 is 2.65 bits per heavy atom. The highest BCUT2D eigenvalue weighted by molar-refractivity contribution is 6.31. The molecule has 1 atom stereocenters. The highest BCUT2D eigenvalue weighted by Gasteiger charge is 2.24. The number of amides is 1. The van der Waals surface area contributed by atoms with E-state index in [2.05, 4.69) is 11.9 Å². The van der Waals surface area contributed by atoms with Crippen molar-refractivity contribution in [1.29, 1.82) is 0 Å². The summed E-state index contributed by atoms with van der Waals surface area (Å²) in [7, 11) is 1.70. The van der Waals surface area contributed by atoms with Gasteiger partial charge in [-0.3, -0.25) is 14.2 Å². The predicted molar refractivity (Wildman–Crippen MR) is 107 cm³/mol. The fourth-order valence-electron chi connectivity index (χ4n) is 3.22. The summed E-state index contributed by atoms with van der Waals surface area (Å²) in [6, 6.07) is 4.86. The quantitative estimate of drug-likeness (QED) is 0.638. The number of nitrogens with zero attached hydrogens (tertiary/aromatic N) is 3. The number of fused-ring (bicyclic) bond motifs is 1. The number of hydrogen-bond donors (Lipinski definition) is 0. The Bertz CT molecular complexity index is 832.